The van der Waals surface area contributed by atoms with E-state index in [9.17, 15) is 9.18 Å². The predicted octanol–water partition coefficient (Wildman–Crippen LogP) is 4.62. The van der Waals surface area contributed by atoms with Gasteiger partial charge < -0.3 is 9.47 Å². The molecule has 31 heavy (non-hydrogen) atoms. The summed E-state index contributed by atoms with van der Waals surface area (Å²) < 4.78 is 25.0. The Bertz CT molecular complexity index is 1160. The average Bonchev–Trinajstić information content (AvgIpc) is 3.24. The molecule has 4 aromatic rings. The van der Waals surface area contributed by atoms with Crippen LogP contribution in [0.4, 0.5) is 9.52 Å². The number of halogens is 1. The van der Waals surface area contributed by atoms with Crippen molar-refractivity contribution in [1.82, 2.24) is 9.97 Å². The van der Waals surface area contributed by atoms with E-state index in [-0.39, 0.29) is 24.7 Å². The fraction of sp³-hybridized carbons (Fsp3) is 0.174. The second kappa shape index (κ2) is 9.09. The summed E-state index contributed by atoms with van der Waals surface area (Å²) in [5, 5.41) is 0.510. The Morgan fingerprint density at radius 2 is 1.77 bits per heavy atom. The third-order valence-electron chi connectivity index (χ3n) is 4.75. The molecule has 0 aliphatic carbocycles. The maximum Gasteiger partial charge on any atom is 0.233 e. The van der Waals surface area contributed by atoms with Crippen LogP contribution < -0.4 is 14.4 Å². The average molecular weight is 437 g/mol. The summed E-state index contributed by atoms with van der Waals surface area (Å²) in [5.74, 6) is 0.742. The summed E-state index contributed by atoms with van der Waals surface area (Å²) in [5.41, 5.74) is 2.07. The van der Waals surface area contributed by atoms with Gasteiger partial charge in [0.2, 0.25) is 5.91 Å². The van der Waals surface area contributed by atoms with E-state index in [1.807, 2.05) is 24.3 Å². The van der Waals surface area contributed by atoms with E-state index in [1.54, 1.807) is 43.5 Å². The van der Waals surface area contributed by atoms with Crippen molar-refractivity contribution in [2.24, 2.45) is 0 Å². The summed E-state index contributed by atoms with van der Waals surface area (Å²) in [6.07, 6.45) is 1.79. The Hall–Kier alpha value is -3.52. The third kappa shape index (κ3) is 4.49. The van der Waals surface area contributed by atoms with Crippen LogP contribution >= 0.6 is 11.3 Å². The van der Waals surface area contributed by atoms with Crippen LogP contribution in [0.1, 0.15) is 11.3 Å². The first-order chi connectivity index (χ1) is 15.1. The van der Waals surface area contributed by atoms with Gasteiger partial charge in [0.25, 0.3) is 0 Å². The molecule has 6 nitrogen and oxygen atoms in total. The van der Waals surface area contributed by atoms with Crippen LogP contribution in [0.5, 0.6) is 11.5 Å². The SMILES string of the molecule is COc1ccc(OC)c2sc(N(Cc3ccccn3)C(=O)Cc3ccc(F)cc3)nc12. The van der Waals surface area contributed by atoms with Crippen molar-refractivity contribution in [1.29, 1.82) is 0 Å². The molecule has 0 aliphatic rings. The van der Waals surface area contributed by atoms with Gasteiger partial charge in [-0.15, -0.1) is 0 Å². The topological polar surface area (TPSA) is 64.6 Å². The number of fused-ring (bicyclic) bond motifs is 1. The van der Waals surface area contributed by atoms with E-state index in [0.717, 1.165) is 10.4 Å². The molecule has 2 heterocycles. The number of methoxy groups -OCH3 is 2. The minimum Gasteiger partial charge on any atom is -0.495 e. The van der Waals surface area contributed by atoms with Crippen molar-refractivity contribution in [3.05, 3.63) is 77.9 Å². The number of benzene rings is 2. The zero-order valence-electron chi connectivity index (χ0n) is 17.0. The Morgan fingerprint density at radius 3 is 2.45 bits per heavy atom. The second-order valence-corrected chi connectivity index (χ2v) is 7.73. The molecule has 0 spiro atoms. The van der Waals surface area contributed by atoms with Crippen molar-refractivity contribution in [3.63, 3.8) is 0 Å². The summed E-state index contributed by atoms with van der Waals surface area (Å²) in [4.78, 5) is 23.9. The first-order valence-corrected chi connectivity index (χ1v) is 10.4. The molecule has 0 N–H and O–H groups in total. The maximum absolute atomic E-state index is 13.3. The number of carbonyl (C=O) groups excluding carboxylic acids is 1. The van der Waals surface area contributed by atoms with Crippen LogP contribution in [0.2, 0.25) is 0 Å². The summed E-state index contributed by atoms with van der Waals surface area (Å²) >= 11 is 1.35. The lowest BCUT2D eigenvalue weighted by atomic mass is 10.1. The van der Waals surface area contributed by atoms with Crippen LogP contribution in [-0.4, -0.2) is 30.1 Å². The lowest BCUT2D eigenvalue weighted by molar-refractivity contribution is -0.118. The number of hydrogen-bond donors (Lipinski definition) is 0. The molecule has 158 valence electrons. The number of rotatable bonds is 7. The van der Waals surface area contributed by atoms with Gasteiger partial charge in [-0.1, -0.05) is 29.5 Å². The lowest BCUT2D eigenvalue weighted by Gasteiger charge is -2.19. The standard InChI is InChI=1S/C23H20FN3O3S/c1-29-18-10-11-19(30-2)22-21(18)26-23(31-22)27(14-17-5-3-4-12-25-17)20(28)13-15-6-8-16(24)9-7-15/h3-12H,13-14H2,1-2H3. The van der Waals surface area contributed by atoms with Gasteiger partial charge in [0.15, 0.2) is 5.13 Å². The Labute approximate surface area is 182 Å². The number of hydrogen-bond acceptors (Lipinski definition) is 6. The quantitative estimate of drug-likeness (QED) is 0.422. The van der Waals surface area contributed by atoms with Crippen LogP contribution in [0.15, 0.2) is 60.8 Å². The number of aromatic nitrogens is 2. The van der Waals surface area contributed by atoms with Crippen molar-refractivity contribution in [2.45, 2.75) is 13.0 Å². The van der Waals surface area contributed by atoms with E-state index in [4.69, 9.17) is 14.5 Å². The highest BCUT2D eigenvalue weighted by molar-refractivity contribution is 7.22. The second-order valence-electron chi connectivity index (χ2n) is 6.75. The number of anilines is 1. The molecule has 0 fully saturated rings. The highest BCUT2D eigenvalue weighted by atomic mass is 32.1. The van der Waals surface area contributed by atoms with Gasteiger partial charge in [0.05, 0.1) is 32.9 Å². The van der Waals surface area contributed by atoms with Crippen molar-refractivity contribution >= 4 is 32.6 Å². The predicted molar refractivity (Wildman–Crippen MR) is 118 cm³/mol. The van der Waals surface area contributed by atoms with Crippen molar-refractivity contribution in [2.75, 3.05) is 19.1 Å². The number of ether oxygens (including phenoxy) is 2. The minimum absolute atomic E-state index is 0.108. The molecule has 1 amide bonds. The van der Waals surface area contributed by atoms with E-state index < -0.39 is 0 Å². The molecule has 0 aliphatic heterocycles. The Morgan fingerprint density at radius 1 is 1.03 bits per heavy atom. The third-order valence-corrected chi connectivity index (χ3v) is 5.84. The lowest BCUT2D eigenvalue weighted by Crippen LogP contribution is -2.32. The summed E-state index contributed by atoms with van der Waals surface area (Å²) in [6.45, 7) is 0.255. The van der Waals surface area contributed by atoms with Gasteiger partial charge in [-0.3, -0.25) is 14.7 Å². The molecule has 0 bridgehead atoms. The number of amides is 1. The van der Waals surface area contributed by atoms with Gasteiger partial charge in [0, 0.05) is 6.20 Å². The van der Waals surface area contributed by atoms with Crippen molar-refractivity contribution in [3.8, 4) is 11.5 Å². The number of thiazole rings is 1. The zero-order chi connectivity index (χ0) is 21.8. The molecule has 8 heteroatoms. The zero-order valence-corrected chi connectivity index (χ0v) is 17.9. The van der Waals surface area contributed by atoms with Gasteiger partial charge >= 0.3 is 0 Å². The largest absolute Gasteiger partial charge is 0.495 e. The highest BCUT2D eigenvalue weighted by Gasteiger charge is 2.23. The first kappa shape index (κ1) is 20.7. The van der Waals surface area contributed by atoms with Gasteiger partial charge in [-0.2, -0.15) is 0 Å². The molecular weight excluding hydrogens is 417 g/mol. The highest BCUT2D eigenvalue weighted by Crippen LogP contribution is 2.40. The van der Waals surface area contributed by atoms with Gasteiger partial charge in [0.1, 0.15) is 27.5 Å². The summed E-state index contributed by atoms with van der Waals surface area (Å²) in [7, 11) is 3.16. The fourth-order valence-electron chi connectivity index (χ4n) is 3.18. The van der Waals surface area contributed by atoms with E-state index in [1.165, 1.54) is 23.5 Å². The molecule has 2 aromatic carbocycles. The fourth-order valence-corrected chi connectivity index (χ4v) is 4.27. The van der Waals surface area contributed by atoms with Gasteiger partial charge in [-0.05, 0) is 42.0 Å². The molecular formula is C23H20FN3O3S. The Balaban J connectivity index is 1.74. The van der Waals surface area contributed by atoms with Crippen LogP contribution in [0.25, 0.3) is 10.2 Å². The smallest absolute Gasteiger partial charge is 0.233 e. The van der Waals surface area contributed by atoms with E-state index in [0.29, 0.717) is 27.7 Å². The normalized spacial score (nSPS) is 10.8. The maximum atomic E-state index is 13.3. The van der Waals surface area contributed by atoms with Crippen LogP contribution in [0, 0.1) is 5.82 Å². The number of carbonyl (C=O) groups is 1. The molecule has 0 saturated carbocycles. The molecule has 0 saturated heterocycles. The first-order valence-electron chi connectivity index (χ1n) is 9.55. The minimum atomic E-state index is -0.341. The Kier molecular flexibility index (Phi) is 6.08. The van der Waals surface area contributed by atoms with Crippen LogP contribution in [-0.2, 0) is 17.8 Å². The molecule has 0 atom stereocenters. The molecule has 4 rings (SSSR count). The molecule has 0 radical (unpaired) electrons. The molecule has 2 aromatic heterocycles. The van der Waals surface area contributed by atoms with E-state index >= 15 is 0 Å². The summed E-state index contributed by atoms with van der Waals surface area (Å²) in [6, 6.07) is 15.1. The van der Waals surface area contributed by atoms with E-state index in [2.05, 4.69) is 4.98 Å². The molecule has 0 unspecified atom stereocenters. The number of nitrogens with zero attached hydrogens (tertiary/aromatic N) is 3. The number of pyridine rings is 1. The van der Waals surface area contributed by atoms with Crippen molar-refractivity contribution < 1.29 is 18.7 Å². The van der Waals surface area contributed by atoms with Gasteiger partial charge in [-0.25, -0.2) is 9.37 Å². The van der Waals surface area contributed by atoms with Crippen LogP contribution in [0.3, 0.4) is 0 Å². The monoisotopic (exact) mass is 437 g/mol.